The lowest BCUT2D eigenvalue weighted by Crippen LogP contribution is -2.06. The molecule has 0 saturated heterocycles. The molecule has 0 amide bonds. The van der Waals surface area contributed by atoms with E-state index in [1.54, 1.807) is 0 Å². The third-order valence-electron chi connectivity index (χ3n) is 4.20. The van der Waals surface area contributed by atoms with E-state index in [1.807, 2.05) is 0 Å². The van der Waals surface area contributed by atoms with Gasteiger partial charge in [0.1, 0.15) is 32.8 Å². The Hall–Kier alpha value is -3.41. The summed E-state index contributed by atoms with van der Waals surface area (Å²) >= 11 is 0. The quantitative estimate of drug-likeness (QED) is 0.217. The second-order valence-electron chi connectivity index (χ2n) is 6.64. The first kappa shape index (κ1) is 25.2. The van der Waals surface area contributed by atoms with Crippen LogP contribution in [0, 0.1) is 0 Å². The number of hydrogen-bond donors (Lipinski definition) is 5. The van der Waals surface area contributed by atoms with Gasteiger partial charge >= 0.3 is 0 Å². The highest BCUT2D eigenvalue weighted by atomic mass is 32.2. The Labute approximate surface area is 193 Å². The first-order chi connectivity index (χ1) is 15.6. The van der Waals surface area contributed by atoms with Crippen LogP contribution in [-0.4, -0.2) is 38.9 Å². The molecule has 3 aromatic carbocycles. The fraction of sp³-hybridized carbons (Fsp3) is 0. The Balaban J connectivity index is 2.06. The van der Waals surface area contributed by atoms with Crippen LogP contribution < -0.4 is 20.9 Å². The molecule has 0 saturated carbocycles. The first-order valence-corrected chi connectivity index (χ1v) is 13.1. The van der Waals surface area contributed by atoms with Gasteiger partial charge in [0.05, 0.1) is 16.3 Å². The number of nitrogen functional groups attached to an aromatic ring is 2. The average molecular weight is 533 g/mol. The van der Waals surface area contributed by atoms with Crippen molar-refractivity contribution < 1.29 is 48.4 Å². The van der Waals surface area contributed by atoms with Crippen LogP contribution in [0.5, 0.6) is 23.0 Å². The maximum atomic E-state index is 11.9. The Morgan fingerprint density at radius 2 is 1.03 bits per heavy atom. The molecule has 0 unspecified atom stereocenters. The van der Waals surface area contributed by atoms with Gasteiger partial charge in [-0.3, -0.25) is 13.7 Å². The fourth-order valence-electron chi connectivity index (χ4n) is 2.64. The van der Waals surface area contributed by atoms with Gasteiger partial charge in [-0.25, -0.2) is 0 Å². The van der Waals surface area contributed by atoms with Gasteiger partial charge in [0.25, 0.3) is 30.4 Å². The maximum absolute atomic E-state index is 11.9. The third kappa shape index (κ3) is 5.74. The largest absolute Gasteiger partial charge is 0.456 e. The Morgan fingerprint density at radius 3 is 1.53 bits per heavy atom. The zero-order valence-electron chi connectivity index (χ0n) is 16.7. The predicted molar refractivity (Wildman–Crippen MR) is 118 cm³/mol. The van der Waals surface area contributed by atoms with Crippen LogP contribution in [0.3, 0.4) is 0 Å². The van der Waals surface area contributed by atoms with Crippen LogP contribution in [0.15, 0.2) is 69.3 Å². The summed E-state index contributed by atoms with van der Waals surface area (Å²) in [5.74, 6) is -1.23. The van der Waals surface area contributed by atoms with Gasteiger partial charge in [-0.15, -0.1) is 0 Å². The summed E-state index contributed by atoms with van der Waals surface area (Å²) in [5, 5.41) is 0. The van der Waals surface area contributed by atoms with Crippen molar-refractivity contribution in [1.82, 2.24) is 0 Å². The summed E-state index contributed by atoms with van der Waals surface area (Å²) in [6, 6.07) is 9.12. The normalized spacial score (nSPS) is 12.3. The zero-order chi connectivity index (χ0) is 25.5. The van der Waals surface area contributed by atoms with Crippen molar-refractivity contribution in [2.75, 3.05) is 11.5 Å². The van der Waals surface area contributed by atoms with E-state index in [4.69, 9.17) is 25.5 Å². The van der Waals surface area contributed by atoms with Crippen molar-refractivity contribution in [3.63, 3.8) is 0 Å². The predicted octanol–water partition coefficient (Wildman–Crippen LogP) is 2.18. The molecule has 0 bridgehead atoms. The van der Waals surface area contributed by atoms with Gasteiger partial charge < -0.3 is 20.9 Å². The van der Waals surface area contributed by atoms with Crippen molar-refractivity contribution in [3.8, 4) is 23.0 Å². The highest BCUT2D eigenvalue weighted by Gasteiger charge is 2.24. The molecule has 182 valence electrons. The molecule has 16 heteroatoms. The van der Waals surface area contributed by atoms with Crippen LogP contribution >= 0.6 is 0 Å². The van der Waals surface area contributed by atoms with E-state index >= 15 is 0 Å². The van der Waals surface area contributed by atoms with E-state index in [9.17, 15) is 34.4 Å². The molecule has 0 aliphatic carbocycles. The molecule has 0 atom stereocenters. The minimum Gasteiger partial charge on any atom is -0.456 e. The lowest BCUT2D eigenvalue weighted by atomic mass is 10.2. The molecule has 13 nitrogen and oxygen atoms in total. The topological polar surface area (TPSA) is 234 Å². The lowest BCUT2D eigenvalue weighted by molar-refractivity contribution is 0.433. The van der Waals surface area contributed by atoms with E-state index in [1.165, 1.54) is 18.2 Å². The molecule has 0 fully saturated rings. The van der Waals surface area contributed by atoms with E-state index in [0.29, 0.717) is 6.07 Å². The number of nitrogens with two attached hydrogens (primary N) is 2. The second-order valence-corrected chi connectivity index (χ2v) is 10.8. The fourth-order valence-corrected chi connectivity index (χ4v) is 4.49. The van der Waals surface area contributed by atoms with Crippen molar-refractivity contribution in [3.05, 3.63) is 54.6 Å². The van der Waals surface area contributed by atoms with Gasteiger partial charge in [-0.2, -0.15) is 25.3 Å². The summed E-state index contributed by atoms with van der Waals surface area (Å²) in [5.41, 5.74) is 11.7. The standard InChI is InChI=1S/C18H16N2O11S3/c19-13-4-1-10(7-14(13)20)30-15-5-2-11(8-17(15)33(24,25)26)31-16-6-3-12(32(21,22)23)9-18(16)34(27,28)29/h1-9H,19-20H2,(H,21,22,23)(H,24,25,26)(H,27,28,29). The third-order valence-corrected chi connectivity index (χ3v) is 6.80. The maximum Gasteiger partial charge on any atom is 0.298 e. The molecular weight excluding hydrogens is 516 g/mol. The molecule has 0 spiro atoms. The van der Waals surface area contributed by atoms with Crippen LogP contribution in [0.25, 0.3) is 0 Å². The zero-order valence-corrected chi connectivity index (χ0v) is 19.1. The SMILES string of the molecule is Nc1ccc(Oc2ccc(Oc3ccc(S(=O)(=O)O)cc3S(=O)(=O)O)cc2S(=O)(=O)O)cc1N. The van der Waals surface area contributed by atoms with Gasteiger partial charge in [0.15, 0.2) is 0 Å². The van der Waals surface area contributed by atoms with E-state index in [2.05, 4.69) is 0 Å². The van der Waals surface area contributed by atoms with E-state index in [-0.39, 0.29) is 28.6 Å². The van der Waals surface area contributed by atoms with Crippen LogP contribution in [0.1, 0.15) is 0 Å². The molecule has 0 radical (unpaired) electrons. The van der Waals surface area contributed by atoms with E-state index in [0.717, 1.165) is 30.3 Å². The molecule has 0 aromatic heterocycles. The summed E-state index contributed by atoms with van der Waals surface area (Å²) in [4.78, 5) is -2.66. The van der Waals surface area contributed by atoms with Crippen molar-refractivity contribution in [2.24, 2.45) is 0 Å². The number of rotatable bonds is 7. The smallest absolute Gasteiger partial charge is 0.298 e. The average Bonchev–Trinajstić information content (AvgIpc) is 2.70. The van der Waals surface area contributed by atoms with Crippen LogP contribution in [0.2, 0.25) is 0 Å². The van der Waals surface area contributed by atoms with Gasteiger partial charge in [-0.1, -0.05) is 0 Å². The van der Waals surface area contributed by atoms with Crippen molar-refractivity contribution in [1.29, 1.82) is 0 Å². The molecule has 3 rings (SSSR count). The van der Waals surface area contributed by atoms with Gasteiger partial charge in [0, 0.05) is 12.1 Å². The summed E-state index contributed by atoms with van der Waals surface area (Å²) in [7, 11) is -14.8. The van der Waals surface area contributed by atoms with Crippen molar-refractivity contribution >= 4 is 41.7 Å². The number of benzene rings is 3. The first-order valence-electron chi connectivity index (χ1n) is 8.77. The minimum atomic E-state index is -5.05. The summed E-state index contributed by atoms with van der Waals surface area (Å²) < 4.78 is 109. The van der Waals surface area contributed by atoms with E-state index < -0.39 is 50.8 Å². The Bertz CT molecular complexity index is 1600. The highest BCUT2D eigenvalue weighted by Crippen LogP contribution is 2.36. The second kappa shape index (κ2) is 8.75. The number of hydrogen-bond acceptors (Lipinski definition) is 10. The lowest BCUT2D eigenvalue weighted by Gasteiger charge is -2.14. The van der Waals surface area contributed by atoms with Gasteiger partial charge in [0.2, 0.25) is 0 Å². The molecule has 0 aliphatic rings. The summed E-state index contributed by atoms with van der Waals surface area (Å²) in [6.45, 7) is 0. The Morgan fingerprint density at radius 1 is 0.559 bits per heavy atom. The minimum absolute atomic E-state index is 0.0831. The molecule has 3 aromatic rings. The molecule has 0 heterocycles. The molecule has 7 N–H and O–H groups in total. The monoisotopic (exact) mass is 532 g/mol. The highest BCUT2D eigenvalue weighted by molar-refractivity contribution is 7.86. The molecule has 34 heavy (non-hydrogen) atoms. The van der Waals surface area contributed by atoms with Gasteiger partial charge in [-0.05, 0) is 42.5 Å². The number of anilines is 2. The van der Waals surface area contributed by atoms with Crippen LogP contribution in [0.4, 0.5) is 11.4 Å². The summed E-state index contributed by atoms with van der Waals surface area (Å²) in [6.07, 6.45) is 0. The molecule has 0 aliphatic heterocycles. The molecular formula is C18H16N2O11S3. The Kier molecular flexibility index (Phi) is 6.49. The van der Waals surface area contributed by atoms with Crippen molar-refractivity contribution in [2.45, 2.75) is 14.7 Å². The van der Waals surface area contributed by atoms with Crippen LogP contribution in [-0.2, 0) is 30.4 Å². The number of ether oxygens (including phenoxy) is 2.